The molecule has 0 fully saturated rings. The molecular formula is C84H56N8. The molecule has 12 aromatic carbocycles. The van der Waals surface area contributed by atoms with E-state index in [1.54, 1.807) is 6.20 Å². The van der Waals surface area contributed by atoms with Gasteiger partial charge in [-0.15, -0.1) is 0 Å². The van der Waals surface area contributed by atoms with E-state index in [0.29, 0.717) is 34.9 Å². The maximum absolute atomic E-state index is 4.87. The Morgan fingerprint density at radius 2 is 0.359 bits per heavy atom. The second-order valence-electron chi connectivity index (χ2n) is 22.4. The zero-order valence-electron chi connectivity index (χ0n) is 49.9. The number of fused-ring (bicyclic) bond motifs is 2. The fraction of sp³-hybridized carbons (Fsp3) is 0. The number of hydrogen-bond donors (Lipinski definition) is 0. The molecule has 16 rings (SSSR count). The van der Waals surface area contributed by atoms with E-state index in [0.717, 1.165) is 55.6 Å². The summed E-state index contributed by atoms with van der Waals surface area (Å²) in [6, 6.07) is 109. The summed E-state index contributed by atoms with van der Waals surface area (Å²) in [6.07, 6.45) is 7.35. The number of pyridine rings is 2. The lowest BCUT2D eigenvalue weighted by Crippen LogP contribution is -2.00. The molecule has 92 heavy (non-hydrogen) atoms. The van der Waals surface area contributed by atoms with Gasteiger partial charge in [0.05, 0.1) is 0 Å². The Morgan fingerprint density at radius 1 is 0.141 bits per heavy atom. The van der Waals surface area contributed by atoms with Crippen molar-refractivity contribution in [3.63, 3.8) is 0 Å². The first-order valence-electron chi connectivity index (χ1n) is 30.6. The molecule has 0 spiro atoms. The minimum absolute atomic E-state index is 0.652. The highest BCUT2D eigenvalue weighted by atomic mass is 15.0. The average molecular weight is 1180 g/mol. The Labute approximate surface area is 533 Å². The normalized spacial score (nSPS) is 11.0. The van der Waals surface area contributed by atoms with E-state index in [9.17, 15) is 0 Å². The quantitative estimate of drug-likeness (QED) is 0.119. The van der Waals surface area contributed by atoms with E-state index >= 15 is 0 Å². The van der Waals surface area contributed by atoms with Gasteiger partial charge in [0.15, 0.2) is 34.9 Å². The number of aromatic nitrogens is 8. The van der Waals surface area contributed by atoms with Crippen molar-refractivity contribution >= 4 is 21.5 Å². The summed E-state index contributed by atoms with van der Waals surface area (Å²) in [5.74, 6) is 3.94. The average Bonchev–Trinajstić information content (AvgIpc) is 2.33. The van der Waals surface area contributed by atoms with Gasteiger partial charge in [-0.2, -0.15) is 0 Å². The molecule has 4 aromatic heterocycles. The molecule has 0 unspecified atom stereocenters. The molecule has 4 heterocycles. The van der Waals surface area contributed by atoms with Gasteiger partial charge in [0.2, 0.25) is 0 Å². The molecule has 0 bridgehead atoms. The molecule has 0 radical (unpaired) electrons. The summed E-state index contributed by atoms with van der Waals surface area (Å²) in [5.41, 5.74) is 19.8. The van der Waals surface area contributed by atoms with Crippen LogP contribution in [-0.4, -0.2) is 39.9 Å². The van der Waals surface area contributed by atoms with Gasteiger partial charge in [0, 0.05) is 58.2 Å². The van der Waals surface area contributed by atoms with E-state index < -0.39 is 0 Å². The van der Waals surface area contributed by atoms with Crippen LogP contribution in [0.5, 0.6) is 0 Å². The summed E-state index contributed by atoms with van der Waals surface area (Å²) in [4.78, 5) is 37.5. The number of nitrogens with zero attached hydrogens (tertiary/aromatic N) is 8. The Bertz CT molecular complexity index is 4750. The van der Waals surface area contributed by atoms with Crippen molar-refractivity contribution < 1.29 is 0 Å². The van der Waals surface area contributed by atoms with Crippen molar-refractivity contribution in [1.82, 2.24) is 39.9 Å². The lowest BCUT2D eigenvalue weighted by molar-refractivity contribution is 1.07. The van der Waals surface area contributed by atoms with Crippen LogP contribution in [-0.2, 0) is 0 Å². The monoisotopic (exact) mass is 1180 g/mol. The third kappa shape index (κ3) is 12.4. The van der Waals surface area contributed by atoms with Crippen LogP contribution >= 0.6 is 0 Å². The third-order valence-electron chi connectivity index (χ3n) is 16.5. The highest BCUT2D eigenvalue weighted by Gasteiger charge is 2.16. The topological polar surface area (TPSA) is 103 Å². The predicted octanol–water partition coefficient (Wildman–Crippen LogP) is 20.8. The van der Waals surface area contributed by atoms with Gasteiger partial charge in [0.1, 0.15) is 0 Å². The first-order valence-corrected chi connectivity index (χ1v) is 30.6. The minimum atomic E-state index is 0.652. The summed E-state index contributed by atoms with van der Waals surface area (Å²) in [6.45, 7) is 0. The van der Waals surface area contributed by atoms with Crippen LogP contribution in [0, 0.1) is 0 Å². The molecule has 8 heteroatoms. The molecule has 0 aliphatic rings. The van der Waals surface area contributed by atoms with Crippen LogP contribution in [0.1, 0.15) is 0 Å². The summed E-state index contributed by atoms with van der Waals surface area (Å²) in [5, 5.41) is 4.83. The lowest BCUT2D eigenvalue weighted by Gasteiger charge is -2.10. The zero-order chi connectivity index (χ0) is 61.4. The van der Waals surface area contributed by atoms with Crippen molar-refractivity contribution in [2.24, 2.45) is 0 Å². The number of rotatable bonds is 12. The molecular weight excluding hydrogens is 1120 g/mol. The van der Waals surface area contributed by atoms with E-state index in [4.69, 9.17) is 29.9 Å². The molecule has 0 aliphatic carbocycles. The molecule has 0 saturated carbocycles. The molecule has 0 amide bonds. The summed E-state index contributed by atoms with van der Waals surface area (Å²) in [7, 11) is 0. The number of benzene rings is 12. The fourth-order valence-electron chi connectivity index (χ4n) is 11.5. The first-order chi connectivity index (χ1) is 45.5. The SMILES string of the molecule is c1ccc(-c2nc(-c3ccccc3)nc(-c3ccc(-c4ccc5cc(-c6ccc(-c7cccnc7)cc6)ccc5c4)cc3)n2)cc1.c1ccc(-c2nc(-c3ccccc3)nc(-c3ccc(-c4ccc5cc(-c6ccc(-c7ccncc7)cc6)ccc5c4)cc3)n2)cc1. The number of hydrogen-bond acceptors (Lipinski definition) is 8. The van der Waals surface area contributed by atoms with Crippen LogP contribution in [0.3, 0.4) is 0 Å². The Kier molecular flexibility index (Phi) is 15.6. The largest absolute Gasteiger partial charge is 0.265 e. The summed E-state index contributed by atoms with van der Waals surface area (Å²) >= 11 is 0. The lowest BCUT2D eigenvalue weighted by atomic mass is 9.96. The van der Waals surface area contributed by atoms with Crippen molar-refractivity contribution in [1.29, 1.82) is 0 Å². The highest BCUT2D eigenvalue weighted by molar-refractivity contribution is 5.93. The van der Waals surface area contributed by atoms with Gasteiger partial charge < -0.3 is 0 Å². The maximum atomic E-state index is 4.87. The molecule has 0 atom stereocenters. The van der Waals surface area contributed by atoms with Crippen LogP contribution in [0.4, 0.5) is 0 Å². The zero-order valence-corrected chi connectivity index (χ0v) is 49.9. The second-order valence-corrected chi connectivity index (χ2v) is 22.4. The van der Waals surface area contributed by atoms with Gasteiger partial charge in [-0.25, -0.2) is 29.9 Å². The van der Waals surface area contributed by atoms with Crippen molar-refractivity contribution in [3.8, 4) is 135 Å². The van der Waals surface area contributed by atoms with E-state index in [1.807, 2.05) is 158 Å². The first kappa shape index (κ1) is 56.0. The Balaban J connectivity index is 0.000000153. The van der Waals surface area contributed by atoms with E-state index in [-0.39, 0.29) is 0 Å². The minimum Gasteiger partial charge on any atom is -0.265 e. The highest BCUT2D eigenvalue weighted by Crippen LogP contribution is 2.35. The second kappa shape index (κ2) is 25.7. The van der Waals surface area contributed by atoms with Crippen LogP contribution < -0.4 is 0 Å². The molecule has 16 aromatic rings. The predicted molar refractivity (Wildman–Crippen MR) is 375 cm³/mol. The van der Waals surface area contributed by atoms with Crippen LogP contribution in [0.25, 0.3) is 157 Å². The molecule has 0 saturated heterocycles. The van der Waals surface area contributed by atoms with E-state index in [2.05, 4.69) is 186 Å². The fourth-order valence-corrected chi connectivity index (χ4v) is 11.5. The van der Waals surface area contributed by atoms with Crippen molar-refractivity contribution in [3.05, 3.63) is 340 Å². The van der Waals surface area contributed by atoms with Gasteiger partial charge in [-0.1, -0.05) is 273 Å². The van der Waals surface area contributed by atoms with Gasteiger partial charge in [-0.3, -0.25) is 9.97 Å². The van der Waals surface area contributed by atoms with Gasteiger partial charge >= 0.3 is 0 Å². The Hall–Kier alpha value is -12.5. The summed E-state index contributed by atoms with van der Waals surface area (Å²) < 4.78 is 0. The van der Waals surface area contributed by atoms with E-state index in [1.165, 1.54) is 66.1 Å². The Morgan fingerprint density at radius 3 is 0.630 bits per heavy atom. The standard InChI is InChI=1S/2C42H28N4/c1-3-8-32(9-4-1)40-44-41(33-10-5-2-6-11-33)46-42(45-40)34-19-17-30(18-20-34)36-22-24-37-26-35(21-23-38(37)27-36)29-13-15-31(16-14-29)39-12-7-25-43-28-39;1-3-7-33(8-4-1)40-44-41(34-9-5-2-6-10-34)46-42(45-40)35-17-15-31(16-18-35)37-20-22-38-27-36(19-21-39(38)28-37)30-13-11-29(12-14-30)32-23-25-43-26-24-32/h2*1-28H. The molecule has 0 N–H and O–H groups in total. The van der Waals surface area contributed by atoms with Gasteiger partial charge in [0.25, 0.3) is 0 Å². The molecule has 432 valence electrons. The van der Waals surface area contributed by atoms with Crippen molar-refractivity contribution in [2.75, 3.05) is 0 Å². The molecule has 0 aliphatic heterocycles. The van der Waals surface area contributed by atoms with Gasteiger partial charge in [-0.05, 0) is 131 Å². The smallest absolute Gasteiger partial charge is 0.164 e. The van der Waals surface area contributed by atoms with Crippen LogP contribution in [0.15, 0.2) is 340 Å². The van der Waals surface area contributed by atoms with Crippen LogP contribution in [0.2, 0.25) is 0 Å². The third-order valence-corrected chi connectivity index (χ3v) is 16.5. The molecule has 8 nitrogen and oxygen atoms in total. The maximum Gasteiger partial charge on any atom is 0.164 e. The van der Waals surface area contributed by atoms with Crippen molar-refractivity contribution in [2.45, 2.75) is 0 Å².